The molecular weight excluding hydrogens is 262 g/mol. The molecule has 0 unspecified atom stereocenters. The maximum atomic E-state index is 11.3. The molecule has 0 saturated heterocycles. The van der Waals surface area contributed by atoms with E-state index in [0.717, 1.165) is 11.8 Å². The molecule has 5 nitrogen and oxygen atoms in total. The lowest BCUT2D eigenvalue weighted by molar-refractivity contribution is 0.602. The Morgan fingerprint density at radius 2 is 2.24 bits per heavy atom. The summed E-state index contributed by atoms with van der Waals surface area (Å²) in [5.74, 6) is 0.828. The van der Waals surface area contributed by atoms with Gasteiger partial charge in [-0.3, -0.25) is 0 Å². The zero-order chi connectivity index (χ0) is 12.5. The van der Waals surface area contributed by atoms with Gasteiger partial charge in [-0.1, -0.05) is 6.07 Å². The van der Waals surface area contributed by atoms with E-state index in [0.29, 0.717) is 5.82 Å². The van der Waals surface area contributed by atoms with Crippen molar-refractivity contribution < 1.29 is 8.42 Å². The predicted octanol–water partition coefficient (Wildman–Crippen LogP) is 1.41. The van der Waals surface area contributed by atoms with Gasteiger partial charge in [0.05, 0.1) is 18.3 Å². The molecule has 0 aliphatic carbocycles. The Kier molecular flexibility index (Phi) is 3.17. The standard InChI is InChI=1S/C10H10ClN3O2S/c1-17(15,16)9-6-13-14(7-9)10-8(5-11)3-2-4-12-10/h2-4,6-7H,5H2,1H3. The summed E-state index contributed by atoms with van der Waals surface area (Å²) in [6, 6.07) is 3.58. The number of alkyl halides is 1. The predicted molar refractivity (Wildman–Crippen MR) is 64.0 cm³/mol. The van der Waals surface area contributed by atoms with Crippen LogP contribution < -0.4 is 0 Å². The van der Waals surface area contributed by atoms with E-state index < -0.39 is 9.84 Å². The highest BCUT2D eigenvalue weighted by molar-refractivity contribution is 7.90. The molecule has 0 aromatic carbocycles. The van der Waals surface area contributed by atoms with Gasteiger partial charge in [0.15, 0.2) is 15.7 Å². The second-order valence-corrected chi connectivity index (χ2v) is 5.80. The SMILES string of the molecule is CS(=O)(=O)c1cnn(-c2ncccc2CCl)c1. The Labute approximate surface area is 104 Å². The molecule has 2 heterocycles. The third-order valence-electron chi connectivity index (χ3n) is 2.22. The first-order valence-electron chi connectivity index (χ1n) is 4.77. The number of pyridine rings is 1. The molecule has 2 rings (SSSR count). The van der Waals surface area contributed by atoms with Crippen molar-refractivity contribution in [2.75, 3.05) is 6.26 Å². The van der Waals surface area contributed by atoms with Crippen molar-refractivity contribution in [1.29, 1.82) is 0 Å². The van der Waals surface area contributed by atoms with Crippen LogP contribution in [0.25, 0.3) is 5.82 Å². The quantitative estimate of drug-likeness (QED) is 0.792. The van der Waals surface area contributed by atoms with E-state index in [1.165, 1.54) is 17.1 Å². The van der Waals surface area contributed by atoms with Crippen LogP contribution in [0.1, 0.15) is 5.56 Å². The van der Waals surface area contributed by atoms with Gasteiger partial charge >= 0.3 is 0 Å². The van der Waals surface area contributed by atoms with E-state index in [9.17, 15) is 8.42 Å². The number of hydrogen-bond donors (Lipinski definition) is 0. The topological polar surface area (TPSA) is 64.8 Å². The first-order chi connectivity index (χ1) is 8.02. The van der Waals surface area contributed by atoms with Crippen molar-refractivity contribution in [3.8, 4) is 5.82 Å². The molecule has 0 spiro atoms. The summed E-state index contributed by atoms with van der Waals surface area (Å²) in [6.45, 7) is 0. The highest BCUT2D eigenvalue weighted by atomic mass is 35.5. The molecule has 7 heteroatoms. The summed E-state index contributed by atoms with van der Waals surface area (Å²) in [4.78, 5) is 4.29. The van der Waals surface area contributed by atoms with E-state index in [1.54, 1.807) is 12.3 Å². The third-order valence-corrected chi connectivity index (χ3v) is 3.57. The van der Waals surface area contributed by atoms with Crippen molar-refractivity contribution in [3.63, 3.8) is 0 Å². The molecule has 0 aliphatic heterocycles. The Morgan fingerprint density at radius 3 is 2.82 bits per heavy atom. The minimum absolute atomic E-state index is 0.156. The molecule has 0 atom stereocenters. The molecular formula is C10H10ClN3O2S. The van der Waals surface area contributed by atoms with Crippen LogP contribution in [0, 0.1) is 0 Å². The summed E-state index contributed by atoms with van der Waals surface area (Å²) >= 11 is 5.78. The van der Waals surface area contributed by atoms with E-state index in [-0.39, 0.29) is 10.8 Å². The third kappa shape index (κ3) is 2.48. The number of aromatic nitrogens is 3. The number of sulfone groups is 1. The summed E-state index contributed by atoms with van der Waals surface area (Å²) in [6.07, 6.45) is 5.46. The number of rotatable bonds is 3. The lowest BCUT2D eigenvalue weighted by Gasteiger charge is -2.04. The smallest absolute Gasteiger partial charge is 0.178 e. The van der Waals surface area contributed by atoms with Gasteiger partial charge in [0.25, 0.3) is 0 Å². The molecule has 0 N–H and O–H groups in total. The molecule has 17 heavy (non-hydrogen) atoms. The minimum atomic E-state index is -3.25. The zero-order valence-corrected chi connectivity index (χ0v) is 10.6. The molecule has 0 fully saturated rings. The molecule has 0 aliphatic rings. The minimum Gasteiger partial charge on any atom is -0.237 e. The lowest BCUT2D eigenvalue weighted by Crippen LogP contribution is -2.02. The fraction of sp³-hybridized carbons (Fsp3) is 0.200. The van der Waals surface area contributed by atoms with Crippen LogP contribution in [-0.2, 0) is 15.7 Å². The van der Waals surface area contributed by atoms with Gasteiger partial charge in [-0.15, -0.1) is 11.6 Å². The average molecular weight is 272 g/mol. The molecule has 0 radical (unpaired) electrons. The van der Waals surface area contributed by atoms with Gasteiger partial charge in [0, 0.05) is 18.0 Å². The Balaban J connectivity index is 2.51. The fourth-order valence-corrected chi connectivity index (χ4v) is 2.09. The molecule has 0 amide bonds. The van der Waals surface area contributed by atoms with E-state index in [2.05, 4.69) is 10.1 Å². The molecule has 0 bridgehead atoms. The van der Waals surface area contributed by atoms with E-state index >= 15 is 0 Å². The highest BCUT2D eigenvalue weighted by Gasteiger charge is 2.12. The number of hydrogen-bond acceptors (Lipinski definition) is 4. The Morgan fingerprint density at radius 1 is 1.47 bits per heavy atom. The van der Waals surface area contributed by atoms with E-state index in [4.69, 9.17) is 11.6 Å². The number of nitrogens with zero attached hydrogens (tertiary/aromatic N) is 3. The average Bonchev–Trinajstić information content (AvgIpc) is 2.77. The van der Waals surface area contributed by atoms with Crippen LogP contribution in [-0.4, -0.2) is 29.4 Å². The van der Waals surface area contributed by atoms with Crippen molar-refractivity contribution in [1.82, 2.24) is 14.8 Å². The van der Waals surface area contributed by atoms with Crippen LogP contribution in [0.3, 0.4) is 0 Å². The first-order valence-corrected chi connectivity index (χ1v) is 7.20. The second kappa shape index (κ2) is 4.46. The van der Waals surface area contributed by atoms with Crippen LogP contribution >= 0.6 is 11.6 Å². The van der Waals surface area contributed by atoms with Crippen molar-refractivity contribution in [2.45, 2.75) is 10.8 Å². The normalized spacial score (nSPS) is 11.6. The summed E-state index contributed by atoms with van der Waals surface area (Å²) in [5.41, 5.74) is 0.789. The van der Waals surface area contributed by atoms with Crippen molar-refractivity contribution in [3.05, 3.63) is 36.3 Å². The number of halogens is 1. The second-order valence-electron chi connectivity index (χ2n) is 3.51. The first kappa shape index (κ1) is 12.1. The molecule has 2 aromatic rings. The van der Waals surface area contributed by atoms with Gasteiger partial charge in [0.1, 0.15) is 4.90 Å². The van der Waals surface area contributed by atoms with Crippen LogP contribution in [0.4, 0.5) is 0 Å². The van der Waals surface area contributed by atoms with Crippen LogP contribution in [0.5, 0.6) is 0 Å². The van der Waals surface area contributed by atoms with Crippen molar-refractivity contribution in [2.24, 2.45) is 0 Å². The van der Waals surface area contributed by atoms with Crippen LogP contribution in [0.15, 0.2) is 35.6 Å². The maximum absolute atomic E-state index is 11.3. The summed E-state index contributed by atoms with van der Waals surface area (Å²) in [5, 5.41) is 3.98. The van der Waals surface area contributed by atoms with E-state index in [1.807, 2.05) is 6.07 Å². The Hall–Kier alpha value is -1.40. The Bertz CT molecular complexity index is 637. The van der Waals surface area contributed by atoms with Gasteiger partial charge in [-0.25, -0.2) is 18.1 Å². The van der Waals surface area contributed by atoms with Gasteiger partial charge < -0.3 is 0 Å². The fourth-order valence-electron chi connectivity index (χ4n) is 1.35. The van der Waals surface area contributed by atoms with Crippen molar-refractivity contribution >= 4 is 21.4 Å². The molecule has 2 aromatic heterocycles. The van der Waals surface area contributed by atoms with Gasteiger partial charge in [-0.05, 0) is 6.07 Å². The van der Waals surface area contributed by atoms with Crippen LogP contribution in [0.2, 0.25) is 0 Å². The zero-order valence-electron chi connectivity index (χ0n) is 9.04. The maximum Gasteiger partial charge on any atom is 0.178 e. The molecule has 0 saturated carbocycles. The van der Waals surface area contributed by atoms with Gasteiger partial charge in [-0.2, -0.15) is 5.10 Å². The van der Waals surface area contributed by atoms with Gasteiger partial charge in [0.2, 0.25) is 0 Å². The lowest BCUT2D eigenvalue weighted by atomic mass is 10.3. The monoisotopic (exact) mass is 271 g/mol. The summed E-state index contributed by atoms with van der Waals surface area (Å²) in [7, 11) is -3.25. The highest BCUT2D eigenvalue weighted by Crippen LogP contribution is 2.15. The molecule has 90 valence electrons. The largest absolute Gasteiger partial charge is 0.237 e. The summed E-state index contributed by atoms with van der Waals surface area (Å²) < 4.78 is 24.1.